The van der Waals surface area contributed by atoms with Gasteiger partial charge in [0.05, 0.1) is 17.8 Å². The van der Waals surface area contributed by atoms with Crippen molar-refractivity contribution < 1.29 is 18.0 Å². The van der Waals surface area contributed by atoms with Gasteiger partial charge in [-0.3, -0.25) is 4.79 Å². The number of nitrogens with zero attached hydrogens (tertiary/aromatic N) is 2. The summed E-state index contributed by atoms with van der Waals surface area (Å²) in [5.41, 5.74) is 0.581. The van der Waals surface area contributed by atoms with E-state index in [4.69, 9.17) is 0 Å². The number of hydrogen-bond acceptors (Lipinski definition) is 2. The van der Waals surface area contributed by atoms with E-state index in [2.05, 4.69) is 26.2 Å². The van der Waals surface area contributed by atoms with Crippen LogP contribution >= 0.6 is 15.9 Å². The maximum atomic E-state index is 12.7. The number of fused-ring (bicyclic) bond motifs is 1. The number of hydrogen-bond donors (Lipinski definition) is 1. The Balaban J connectivity index is 1.75. The number of halogens is 4. The van der Waals surface area contributed by atoms with E-state index in [1.54, 1.807) is 24.3 Å². The van der Waals surface area contributed by atoms with Crippen molar-refractivity contribution in [1.29, 1.82) is 0 Å². The van der Waals surface area contributed by atoms with E-state index in [0.29, 0.717) is 16.9 Å². The van der Waals surface area contributed by atoms with E-state index in [1.165, 1.54) is 16.7 Å². The zero-order valence-electron chi connectivity index (χ0n) is 12.1. The SMILES string of the molecule is O=C(NCc1cn2cc(C(F)(F)F)ccc2n1)c1cccc(Br)c1. The van der Waals surface area contributed by atoms with Crippen LogP contribution in [0.1, 0.15) is 21.6 Å². The number of pyridine rings is 1. The average Bonchev–Trinajstić information content (AvgIpc) is 2.93. The summed E-state index contributed by atoms with van der Waals surface area (Å²) in [4.78, 5) is 16.2. The Morgan fingerprint density at radius 3 is 2.71 bits per heavy atom. The first-order valence-corrected chi connectivity index (χ1v) is 7.71. The van der Waals surface area contributed by atoms with Gasteiger partial charge in [-0.25, -0.2) is 4.98 Å². The third kappa shape index (κ3) is 3.59. The van der Waals surface area contributed by atoms with Crippen molar-refractivity contribution in [3.8, 4) is 0 Å². The fourth-order valence-corrected chi connectivity index (χ4v) is 2.60. The van der Waals surface area contributed by atoms with E-state index < -0.39 is 11.7 Å². The lowest BCUT2D eigenvalue weighted by molar-refractivity contribution is -0.137. The standard InChI is InChI=1S/C16H11BrF3N3O/c17-12-3-1-2-10(6-12)15(24)21-7-13-9-23-8-11(16(18,19)20)4-5-14(23)22-13/h1-6,8-9H,7H2,(H,21,24). The van der Waals surface area contributed by atoms with E-state index in [9.17, 15) is 18.0 Å². The molecule has 0 spiro atoms. The maximum Gasteiger partial charge on any atom is 0.417 e. The summed E-state index contributed by atoms with van der Waals surface area (Å²) < 4.78 is 40.2. The molecule has 3 aromatic rings. The summed E-state index contributed by atoms with van der Waals surface area (Å²) in [7, 11) is 0. The van der Waals surface area contributed by atoms with Crippen molar-refractivity contribution in [2.45, 2.75) is 12.7 Å². The van der Waals surface area contributed by atoms with Crippen LogP contribution in [0.5, 0.6) is 0 Å². The molecule has 124 valence electrons. The quantitative estimate of drug-likeness (QED) is 0.724. The third-order valence-corrected chi connectivity index (χ3v) is 3.84. The highest BCUT2D eigenvalue weighted by Crippen LogP contribution is 2.29. The van der Waals surface area contributed by atoms with Gasteiger partial charge >= 0.3 is 6.18 Å². The molecule has 0 saturated heterocycles. The minimum Gasteiger partial charge on any atom is -0.346 e. The zero-order chi connectivity index (χ0) is 17.3. The van der Waals surface area contributed by atoms with Gasteiger partial charge in [-0.05, 0) is 30.3 Å². The summed E-state index contributed by atoms with van der Waals surface area (Å²) in [6.45, 7) is 0.119. The second kappa shape index (κ2) is 6.27. The van der Waals surface area contributed by atoms with Gasteiger partial charge in [0.2, 0.25) is 0 Å². The van der Waals surface area contributed by atoms with Crippen LogP contribution in [0, 0.1) is 0 Å². The van der Waals surface area contributed by atoms with E-state index in [0.717, 1.165) is 16.7 Å². The lowest BCUT2D eigenvalue weighted by Gasteiger charge is -2.05. The van der Waals surface area contributed by atoms with Gasteiger partial charge in [0, 0.05) is 22.4 Å². The van der Waals surface area contributed by atoms with Crippen LogP contribution in [0.2, 0.25) is 0 Å². The number of alkyl halides is 3. The van der Waals surface area contributed by atoms with Crippen LogP contribution in [0.3, 0.4) is 0 Å². The normalized spacial score (nSPS) is 11.7. The minimum absolute atomic E-state index is 0.119. The predicted molar refractivity (Wildman–Crippen MR) is 85.5 cm³/mol. The molecule has 2 aromatic heterocycles. The van der Waals surface area contributed by atoms with E-state index >= 15 is 0 Å². The largest absolute Gasteiger partial charge is 0.417 e. The second-order valence-electron chi connectivity index (χ2n) is 5.11. The van der Waals surface area contributed by atoms with Gasteiger partial charge in [0.25, 0.3) is 5.91 Å². The predicted octanol–water partition coefficient (Wildman–Crippen LogP) is 4.05. The Kier molecular flexibility index (Phi) is 4.31. The third-order valence-electron chi connectivity index (χ3n) is 3.35. The fraction of sp³-hybridized carbons (Fsp3) is 0.125. The molecule has 0 unspecified atom stereocenters. The van der Waals surface area contributed by atoms with Crippen molar-refractivity contribution in [3.05, 3.63) is 70.1 Å². The molecule has 0 fully saturated rings. The highest BCUT2D eigenvalue weighted by molar-refractivity contribution is 9.10. The van der Waals surface area contributed by atoms with Gasteiger partial charge in [-0.1, -0.05) is 22.0 Å². The number of carbonyl (C=O) groups excluding carboxylic acids is 1. The highest BCUT2D eigenvalue weighted by Gasteiger charge is 2.30. The number of carbonyl (C=O) groups is 1. The smallest absolute Gasteiger partial charge is 0.346 e. The van der Waals surface area contributed by atoms with Gasteiger partial charge in [0.1, 0.15) is 5.65 Å². The molecule has 0 aliphatic rings. The Bertz CT molecular complexity index is 905. The molecule has 1 aromatic carbocycles. The number of amides is 1. The summed E-state index contributed by atoms with van der Waals surface area (Å²) >= 11 is 3.28. The minimum atomic E-state index is -4.41. The van der Waals surface area contributed by atoms with Gasteiger partial charge < -0.3 is 9.72 Å². The fourth-order valence-electron chi connectivity index (χ4n) is 2.20. The Labute approximate surface area is 143 Å². The average molecular weight is 398 g/mol. The molecule has 0 bridgehead atoms. The van der Waals surface area contributed by atoms with Crippen LogP contribution < -0.4 is 5.32 Å². The number of imidazole rings is 1. The van der Waals surface area contributed by atoms with Crippen LogP contribution in [-0.2, 0) is 12.7 Å². The lowest BCUT2D eigenvalue weighted by atomic mass is 10.2. The highest BCUT2D eigenvalue weighted by atomic mass is 79.9. The molecule has 1 N–H and O–H groups in total. The van der Waals surface area contributed by atoms with E-state index in [-0.39, 0.29) is 12.5 Å². The molecule has 24 heavy (non-hydrogen) atoms. The van der Waals surface area contributed by atoms with Crippen LogP contribution in [0.15, 0.2) is 53.3 Å². The number of benzene rings is 1. The molecule has 3 rings (SSSR count). The molecular weight excluding hydrogens is 387 g/mol. The maximum absolute atomic E-state index is 12.7. The molecule has 0 radical (unpaired) electrons. The molecule has 1 amide bonds. The van der Waals surface area contributed by atoms with E-state index in [1.807, 2.05) is 0 Å². The van der Waals surface area contributed by atoms with Gasteiger partial charge in [-0.2, -0.15) is 13.2 Å². The Morgan fingerprint density at radius 2 is 2.00 bits per heavy atom. The summed E-state index contributed by atoms with van der Waals surface area (Å²) in [5, 5.41) is 2.69. The molecule has 0 saturated carbocycles. The first-order chi connectivity index (χ1) is 11.3. The molecule has 2 heterocycles. The van der Waals surface area contributed by atoms with Gasteiger partial charge in [-0.15, -0.1) is 0 Å². The monoisotopic (exact) mass is 397 g/mol. The number of rotatable bonds is 3. The van der Waals surface area contributed by atoms with Crippen LogP contribution in [0.25, 0.3) is 5.65 Å². The lowest BCUT2D eigenvalue weighted by Crippen LogP contribution is -2.22. The molecular formula is C16H11BrF3N3O. The van der Waals surface area contributed by atoms with Gasteiger partial charge in [0.15, 0.2) is 0 Å². The molecule has 0 aliphatic carbocycles. The van der Waals surface area contributed by atoms with Crippen LogP contribution in [0.4, 0.5) is 13.2 Å². The first-order valence-electron chi connectivity index (χ1n) is 6.91. The molecule has 8 heteroatoms. The molecule has 0 aliphatic heterocycles. The van der Waals surface area contributed by atoms with Crippen molar-refractivity contribution in [2.75, 3.05) is 0 Å². The molecule has 4 nitrogen and oxygen atoms in total. The summed E-state index contributed by atoms with van der Waals surface area (Å²) in [6, 6.07) is 9.16. The van der Waals surface area contributed by atoms with Crippen molar-refractivity contribution in [3.63, 3.8) is 0 Å². The summed E-state index contributed by atoms with van der Waals surface area (Å²) in [6.07, 6.45) is -1.97. The zero-order valence-corrected chi connectivity index (χ0v) is 13.7. The first kappa shape index (κ1) is 16.5. The summed E-state index contributed by atoms with van der Waals surface area (Å²) in [5.74, 6) is -0.288. The van der Waals surface area contributed by atoms with Crippen molar-refractivity contribution in [2.24, 2.45) is 0 Å². The second-order valence-corrected chi connectivity index (χ2v) is 6.02. The topological polar surface area (TPSA) is 46.4 Å². The number of nitrogens with one attached hydrogen (secondary N) is 1. The number of aromatic nitrogens is 2. The molecule has 0 atom stereocenters. The Morgan fingerprint density at radius 1 is 1.21 bits per heavy atom. The van der Waals surface area contributed by atoms with Crippen LogP contribution in [-0.4, -0.2) is 15.3 Å². The Hall–Kier alpha value is -2.35. The van der Waals surface area contributed by atoms with Crippen molar-refractivity contribution in [1.82, 2.24) is 14.7 Å². The van der Waals surface area contributed by atoms with Crippen molar-refractivity contribution >= 4 is 27.5 Å².